The van der Waals surface area contributed by atoms with Gasteiger partial charge in [0.1, 0.15) is 29.6 Å². The van der Waals surface area contributed by atoms with E-state index in [2.05, 4.69) is 0 Å². The van der Waals surface area contributed by atoms with Crippen LogP contribution in [0.2, 0.25) is 0 Å². The average molecular weight is 486 g/mol. The van der Waals surface area contributed by atoms with Crippen molar-refractivity contribution in [2.45, 2.75) is 19.1 Å². The first-order valence-electron chi connectivity index (χ1n) is 15.5. The van der Waals surface area contributed by atoms with Crippen molar-refractivity contribution in [3.05, 3.63) is 66.7 Å². The highest BCUT2D eigenvalue weighted by molar-refractivity contribution is 7.22. The Kier molecular flexibility index (Phi) is 4.15. The minimum atomic E-state index is -3.46. The molecule has 2 heterocycles. The van der Waals surface area contributed by atoms with E-state index >= 15 is 0 Å². The number of hydrogen-bond donors (Lipinski definition) is 1. The molecule has 5 nitrogen and oxygen atoms in total. The number of thiophene rings is 1. The predicted molar refractivity (Wildman–Crippen MR) is 138 cm³/mol. The maximum Gasteiger partial charge on any atom is 0.153 e. The van der Waals surface area contributed by atoms with Crippen molar-refractivity contribution in [2.24, 2.45) is 0 Å². The van der Waals surface area contributed by atoms with Crippen LogP contribution < -0.4 is 14.2 Å². The van der Waals surface area contributed by atoms with Gasteiger partial charge in [-0.25, -0.2) is 0 Å². The monoisotopic (exact) mass is 485 g/mol. The van der Waals surface area contributed by atoms with Crippen LogP contribution in [0.3, 0.4) is 0 Å². The van der Waals surface area contributed by atoms with E-state index in [1.54, 1.807) is 49.6 Å². The molecule has 1 N–H and O–H groups in total. The summed E-state index contributed by atoms with van der Waals surface area (Å²) in [4.78, 5) is 1.18. The lowest BCUT2D eigenvalue weighted by molar-refractivity contribution is 0.183. The molecule has 1 aliphatic heterocycles. The number of likely N-dealkylation sites (tertiary alicyclic amines) is 1. The summed E-state index contributed by atoms with van der Waals surface area (Å²) >= 11 is 1.46. The lowest BCUT2D eigenvalue weighted by Gasteiger charge is -2.26. The zero-order valence-corrected chi connectivity index (χ0v) is 19.1. The molecule has 4 aromatic rings. The molecule has 0 saturated carbocycles. The summed E-state index contributed by atoms with van der Waals surface area (Å²) < 4.78 is 99.0. The number of ether oxygens (including phenoxy) is 3. The largest absolute Gasteiger partial charge is 0.508 e. The minimum absolute atomic E-state index is 0.129. The molecule has 0 unspecified atom stereocenters. The molecule has 5 rings (SSSR count). The zero-order valence-electron chi connectivity index (χ0n) is 28.3. The third-order valence-corrected chi connectivity index (χ3v) is 6.30. The molecular weight excluding hydrogens is 446 g/mol. The summed E-state index contributed by atoms with van der Waals surface area (Å²) in [5.74, 6) is 2.20. The van der Waals surface area contributed by atoms with Crippen molar-refractivity contribution in [3.8, 4) is 39.2 Å². The molecule has 176 valence electrons. The molecule has 1 fully saturated rings. The van der Waals surface area contributed by atoms with Gasteiger partial charge in [-0.1, -0.05) is 6.37 Å². The van der Waals surface area contributed by atoms with Crippen LogP contribution in [0.15, 0.2) is 66.7 Å². The summed E-state index contributed by atoms with van der Waals surface area (Å²) in [7, 11) is 1.59. The molecule has 0 amide bonds. The summed E-state index contributed by atoms with van der Waals surface area (Å²) in [5, 5.41) is 10.8. The second-order valence-electron chi connectivity index (χ2n) is 7.34. The van der Waals surface area contributed by atoms with Gasteiger partial charge in [0.2, 0.25) is 0 Å². The minimum Gasteiger partial charge on any atom is -0.508 e. The normalized spacial score (nSPS) is 26.0. The SMILES string of the molecule is [2H]C1([2H])N(CCOc2ccc(Oc3c(-c4ccc(OC)cc4)sc4cc(O)ccc34)cc2)C([2H])([2H])C([2H])([2H])C([2H])([2H])C1([2H])[2H]. The van der Waals surface area contributed by atoms with Crippen LogP contribution >= 0.6 is 11.3 Å². The summed E-state index contributed by atoms with van der Waals surface area (Å²) in [6, 6.07) is 19.0. The zero-order chi connectivity index (χ0) is 32.3. The van der Waals surface area contributed by atoms with Crippen molar-refractivity contribution in [3.63, 3.8) is 0 Å². The third-order valence-electron chi connectivity index (χ3n) is 5.11. The highest BCUT2D eigenvalue weighted by atomic mass is 32.1. The number of hydrogen-bond acceptors (Lipinski definition) is 6. The Bertz CT molecular complexity index is 1630. The third kappa shape index (κ3) is 5.13. The Morgan fingerprint density at radius 1 is 0.912 bits per heavy atom. The van der Waals surface area contributed by atoms with Crippen LogP contribution in [0.5, 0.6) is 28.7 Å². The lowest BCUT2D eigenvalue weighted by Crippen LogP contribution is -2.33. The molecule has 0 spiro atoms. The van der Waals surface area contributed by atoms with Crippen LogP contribution in [-0.4, -0.2) is 43.3 Å². The van der Waals surface area contributed by atoms with Crippen LogP contribution in [0.4, 0.5) is 0 Å². The Labute approximate surface area is 218 Å². The summed E-state index contributed by atoms with van der Waals surface area (Å²) in [6.45, 7) is -7.27. The Hall–Kier alpha value is -3.22. The second-order valence-corrected chi connectivity index (χ2v) is 8.39. The Morgan fingerprint density at radius 3 is 2.35 bits per heavy atom. The maximum absolute atomic E-state index is 10.0. The van der Waals surface area contributed by atoms with Gasteiger partial charge in [-0.05, 0) is 98.0 Å². The molecule has 3 aromatic carbocycles. The molecule has 0 radical (unpaired) electrons. The summed E-state index contributed by atoms with van der Waals surface area (Å²) in [6.07, 6.45) is -10.2. The molecule has 6 heteroatoms. The number of phenolic OH excluding ortho intramolecular Hbond substituents is 1. The van der Waals surface area contributed by atoms with Gasteiger partial charge < -0.3 is 19.3 Å². The fourth-order valence-corrected chi connectivity index (χ4v) is 4.60. The maximum atomic E-state index is 10.0. The van der Waals surface area contributed by atoms with Crippen molar-refractivity contribution < 1.29 is 33.0 Å². The number of rotatable bonds is 8. The van der Waals surface area contributed by atoms with Gasteiger partial charge in [0.05, 0.1) is 12.0 Å². The van der Waals surface area contributed by atoms with Gasteiger partial charge in [0.15, 0.2) is 5.75 Å². The van der Waals surface area contributed by atoms with Crippen LogP contribution in [-0.2, 0) is 0 Å². The fourth-order valence-electron chi connectivity index (χ4n) is 3.43. The van der Waals surface area contributed by atoms with Gasteiger partial charge in [-0.15, -0.1) is 11.3 Å². The van der Waals surface area contributed by atoms with Crippen LogP contribution in [0.1, 0.15) is 32.8 Å². The Morgan fingerprint density at radius 2 is 1.62 bits per heavy atom. The molecule has 1 aliphatic rings. The number of piperidine rings is 1. The smallest absolute Gasteiger partial charge is 0.153 e. The van der Waals surface area contributed by atoms with E-state index in [0.29, 0.717) is 27.9 Å². The van der Waals surface area contributed by atoms with Gasteiger partial charge in [0.25, 0.3) is 0 Å². The number of benzene rings is 3. The van der Waals surface area contributed by atoms with Crippen molar-refractivity contribution >= 4 is 21.4 Å². The molecule has 1 aromatic heterocycles. The average Bonchev–Trinajstić information content (AvgIpc) is 3.31. The molecule has 0 atom stereocenters. The number of phenols is 1. The van der Waals surface area contributed by atoms with E-state index in [4.69, 9.17) is 27.9 Å². The lowest BCUT2D eigenvalue weighted by atomic mass is 10.1. The van der Waals surface area contributed by atoms with Gasteiger partial charge in [0, 0.05) is 30.3 Å². The van der Waals surface area contributed by atoms with Gasteiger partial charge in [-0.2, -0.15) is 0 Å². The van der Waals surface area contributed by atoms with Crippen molar-refractivity contribution in [2.75, 3.05) is 33.3 Å². The second kappa shape index (κ2) is 10.4. The van der Waals surface area contributed by atoms with Crippen molar-refractivity contribution in [1.29, 1.82) is 0 Å². The van der Waals surface area contributed by atoms with Crippen LogP contribution in [0, 0.1) is 0 Å². The van der Waals surface area contributed by atoms with Crippen LogP contribution in [0.25, 0.3) is 20.5 Å². The van der Waals surface area contributed by atoms with Gasteiger partial charge in [-0.3, -0.25) is 4.90 Å². The topological polar surface area (TPSA) is 51.2 Å². The quantitative estimate of drug-likeness (QED) is 0.293. The molecular formula is C28H29NO4S. The molecule has 34 heavy (non-hydrogen) atoms. The van der Waals surface area contributed by atoms with Crippen molar-refractivity contribution in [1.82, 2.24) is 4.90 Å². The Balaban J connectivity index is 1.34. The van der Waals surface area contributed by atoms with Gasteiger partial charge >= 0.3 is 0 Å². The van der Waals surface area contributed by atoms with E-state index in [0.717, 1.165) is 20.5 Å². The molecule has 1 saturated heterocycles. The number of nitrogens with zero attached hydrogens (tertiary/aromatic N) is 1. The highest BCUT2D eigenvalue weighted by Crippen LogP contribution is 2.47. The molecule has 0 aliphatic carbocycles. The summed E-state index contributed by atoms with van der Waals surface area (Å²) in [5.41, 5.74) is 0.890. The predicted octanol–water partition coefficient (Wildman–Crippen LogP) is 6.94. The number of aromatic hydroxyl groups is 1. The first-order valence-corrected chi connectivity index (χ1v) is 11.4. The standard InChI is InChI=1S/C28H29NO4S/c1-31-22-8-5-20(6-9-22)28-27(25-14-7-21(30)19-26(25)34-28)33-24-12-10-23(11-13-24)32-18-17-29-15-3-2-4-16-29/h5-14,19,30H,2-4,15-18H2,1H3/i2D2,3D2,4D2,15D2,16D2. The van der Waals surface area contributed by atoms with E-state index < -0.39 is 38.7 Å². The number of methoxy groups -OCH3 is 1. The highest BCUT2D eigenvalue weighted by Gasteiger charge is 2.17. The van der Waals surface area contributed by atoms with E-state index in [1.807, 2.05) is 24.3 Å². The first kappa shape index (κ1) is 13.6. The number of fused-ring (bicyclic) bond motifs is 1. The fraction of sp³-hybridized carbons (Fsp3) is 0.286. The van der Waals surface area contributed by atoms with E-state index in [-0.39, 0.29) is 12.4 Å². The molecule has 0 bridgehead atoms. The van der Waals surface area contributed by atoms with E-state index in [1.165, 1.54) is 11.3 Å². The first-order chi connectivity index (χ1) is 20.5. The van der Waals surface area contributed by atoms with E-state index in [9.17, 15) is 5.11 Å².